The van der Waals surface area contributed by atoms with Crippen LogP contribution in [-0.4, -0.2) is 30.5 Å². The summed E-state index contributed by atoms with van der Waals surface area (Å²) in [5.74, 6) is 0.752. The highest BCUT2D eigenvalue weighted by Gasteiger charge is 2.25. The van der Waals surface area contributed by atoms with Crippen LogP contribution < -0.4 is 4.74 Å². The Morgan fingerprint density at radius 3 is 2.71 bits per heavy atom. The molecule has 0 atom stereocenters. The van der Waals surface area contributed by atoms with E-state index in [1.54, 1.807) is 0 Å². The molecule has 0 N–H and O–H groups in total. The van der Waals surface area contributed by atoms with Gasteiger partial charge >= 0.3 is 0 Å². The van der Waals surface area contributed by atoms with E-state index in [4.69, 9.17) is 4.74 Å². The Morgan fingerprint density at radius 1 is 1.33 bits per heavy atom. The third-order valence-electron chi connectivity index (χ3n) is 4.08. The van der Waals surface area contributed by atoms with Crippen LogP contribution in [0.3, 0.4) is 0 Å². The zero-order valence-electron chi connectivity index (χ0n) is 12.9. The highest BCUT2D eigenvalue weighted by atomic mass is 79.9. The maximum atomic E-state index is 12.8. The lowest BCUT2D eigenvalue weighted by molar-refractivity contribution is 0.0692. The molecule has 116 valence electrons. The molecule has 1 saturated carbocycles. The molecule has 0 radical (unpaired) electrons. The van der Waals surface area contributed by atoms with E-state index in [1.807, 2.05) is 30.1 Å². The molecule has 0 bridgehead atoms. The number of halogens is 1. The van der Waals surface area contributed by atoms with E-state index >= 15 is 0 Å². The molecule has 21 heavy (non-hydrogen) atoms. The van der Waals surface area contributed by atoms with E-state index in [0.29, 0.717) is 24.0 Å². The summed E-state index contributed by atoms with van der Waals surface area (Å²) >= 11 is 3.45. The number of carbonyl (C=O) groups is 1. The van der Waals surface area contributed by atoms with Crippen LogP contribution in [0.4, 0.5) is 0 Å². The van der Waals surface area contributed by atoms with Gasteiger partial charge in [-0.15, -0.1) is 0 Å². The molecule has 1 aliphatic rings. The Kier molecular flexibility index (Phi) is 6.09. The Morgan fingerprint density at radius 2 is 2.05 bits per heavy atom. The van der Waals surface area contributed by atoms with Gasteiger partial charge in [-0.05, 0) is 37.5 Å². The number of benzene rings is 1. The van der Waals surface area contributed by atoms with E-state index < -0.39 is 0 Å². The van der Waals surface area contributed by atoms with Gasteiger partial charge in [-0.1, -0.05) is 42.1 Å². The fraction of sp³-hybridized carbons (Fsp3) is 0.588. The predicted molar refractivity (Wildman–Crippen MR) is 88.9 cm³/mol. The second kappa shape index (κ2) is 7.83. The SMILES string of the molecule is CCCOc1ccc(Br)cc1C(=O)N(C)C1CCCCC1. The monoisotopic (exact) mass is 353 g/mol. The van der Waals surface area contributed by atoms with Crippen LogP contribution in [-0.2, 0) is 0 Å². The lowest BCUT2D eigenvalue weighted by Crippen LogP contribution is -2.38. The topological polar surface area (TPSA) is 29.5 Å². The number of amides is 1. The molecule has 1 aromatic carbocycles. The predicted octanol–water partition coefficient (Wildman–Crippen LogP) is 4.64. The molecule has 2 rings (SSSR count). The molecule has 0 aliphatic heterocycles. The van der Waals surface area contributed by atoms with Crippen molar-refractivity contribution < 1.29 is 9.53 Å². The van der Waals surface area contributed by atoms with Crippen LogP contribution in [0.25, 0.3) is 0 Å². The first-order valence-electron chi connectivity index (χ1n) is 7.83. The summed E-state index contributed by atoms with van der Waals surface area (Å²) in [5.41, 5.74) is 0.658. The molecular formula is C17H24BrNO2. The van der Waals surface area contributed by atoms with Crippen LogP contribution in [0.15, 0.2) is 22.7 Å². The maximum absolute atomic E-state index is 12.8. The lowest BCUT2D eigenvalue weighted by Gasteiger charge is -2.31. The summed E-state index contributed by atoms with van der Waals surface area (Å²) < 4.78 is 6.64. The lowest BCUT2D eigenvalue weighted by atomic mass is 9.94. The molecule has 1 fully saturated rings. The summed E-state index contributed by atoms with van der Waals surface area (Å²) in [6.45, 7) is 2.70. The minimum Gasteiger partial charge on any atom is -0.493 e. The molecule has 0 saturated heterocycles. The quantitative estimate of drug-likeness (QED) is 0.771. The molecule has 0 heterocycles. The summed E-state index contributed by atoms with van der Waals surface area (Å²) in [5, 5.41) is 0. The number of hydrogen-bond donors (Lipinski definition) is 0. The second-order valence-electron chi connectivity index (χ2n) is 5.70. The number of carbonyl (C=O) groups excluding carboxylic acids is 1. The molecule has 4 heteroatoms. The largest absolute Gasteiger partial charge is 0.493 e. The standard InChI is InChI=1S/C17H24BrNO2/c1-3-11-21-16-10-9-13(18)12-15(16)17(20)19(2)14-7-5-4-6-8-14/h9-10,12,14H,3-8,11H2,1-2H3. The van der Waals surface area contributed by atoms with Gasteiger partial charge in [0.1, 0.15) is 5.75 Å². The van der Waals surface area contributed by atoms with Gasteiger partial charge in [0.2, 0.25) is 0 Å². The number of rotatable bonds is 5. The molecule has 1 aromatic rings. The average molecular weight is 354 g/mol. The van der Waals surface area contributed by atoms with E-state index in [9.17, 15) is 4.79 Å². The molecule has 1 aliphatic carbocycles. The maximum Gasteiger partial charge on any atom is 0.257 e. The summed E-state index contributed by atoms with van der Waals surface area (Å²) in [6.07, 6.45) is 6.89. The minimum atomic E-state index is 0.0642. The number of nitrogens with zero attached hydrogens (tertiary/aromatic N) is 1. The van der Waals surface area contributed by atoms with Gasteiger partial charge in [-0.25, -0.2) is 0 Å². The highest BCUT2D eigenvalue weighted by molar-refractivity contribution is 9.10. The number of hydrogen-bond acceptors (Lipinski definition) is 2. The highest BCUT2D eigenvalue weighted by Crippen LogP contribution is 2.28. The van der Waals surface area contributed by atoms with Crippen LogP contribution in [0.5, 0.6) is 5.75 Å². The third-order valence-corrected chi connectivity index (χ3v) is 4.57. The van der Waals surface area contributed by atoms with Crippen molar-refractivity contribution in [3.8, 4) is 5.75 Å². The normalized spacial score (nSPS) is 15.8. The van der Waals surface area contributed by atoms with Crippen LogP contribution >= 0.6 is 15.9 Å². The molecule has 3 nitrogen and oxygen atoms in total. The van der Waals surface area contributed by atoms with Gasteiger partial charge in [0, 0.05) is 17.6 Å². The van der Waals surface area contributed by atoms with Crippen LogP contribution in [0.2, 0.25) is 0 Å². The van der Waals surface area contributed by atoms with E-state index in [1.165, 1.54) is 19.3 Å². The summed E-state index contributed by atoms with van der Waals surface area (Å²) in [7, 11) is 1.92. The van der Waals surface area contributed by atoms with E-state index in [0.717, 1.165) is 23.7 Å². The Labute approximate surface area is 135 Å². The van der Waals surface area contributed by atoms with Gasteiger partial charge < -0.3 is 9.64 Å². The van der Waals surface area contributed by atoms with Crippen molar-refractivity contribution in [1.29, 1.82) is 0 Å². The van der Waals surface area contributed by atoms with E-state index in [-0.39, 0.29) is 5.91 Å². The van der Waals surface area contributed by atoms with Crippen LogP contribution in [0.1, 0.15) is 55.8 Å². The van der Waals surface area contributed by atoms with Crippen LogP contribution in [0, 0.1) is 0 Å². The zero-order valence-corrected chi connectivity index (χ0v) is 14.5. The first-order valence-corrected chi connectivity index (χ1v) is 8.62. The number of ether oxygens (including phenoxy) is 1. The Balaban J connectivity index is 2.18. The van der Waals surface area contributed by atoms with Crippen molar-refractivity contribution in [2.75, 3.05) is 13.7 Å². The van der Waals surface area contributed by atoms with Crippen molar-refractivity contribution in [3.05, 3.63) is 28.2 Å². The smallest absolute Gasteiger partial charge is 0.257 e. The Bertz CT molecular complexity index is 484. The summed E-state index contributed by atoms with van der Waals surface area (Å²) in [4.78, 5) is 14.7. The first-order chi connectivity index (χ1) is 10.1. The molecular weight excluding hydrogens is 330 g/mol. The van der Waals surface area contributed by atoms with Crippen molar-refractivity contribution in [1.82, 2.24) is 4.90 Å². The molecule has 0 aromatic heterocycles. The van der Waals surface area contributed by atoms with Gasteiger partial charge in [-0.2, -0.15) is 0 Å². The van der Waals surface area contributed by atoms with Crippen molar-refractivity contribution in [2.45, 2.75) is 51.5 Å². The zero-order chi connectivity index (χ0) is 15.2. The van der Waals surface area contributed by atoms with Gasteiger partial charge in [0.25, 0.3) is 5.91 Å². The van der Waals surface area contributed by atoms with Crippen molar-refractivity contribution >= 4 is 21.8 Å². The minimum absolute atomic E-state index is 0.0642. The molecule has 0 unspecified atom stereocenters. The molecule has 1 amide bonds. The van der Waals surface area contributed by atoms with Crippen molar-refractivity contribution in [3.63, 3.8) is 0 Å². The average Bonchev–Trinajstić information content (AvgIpc) is 2.53. The van der Waals surface area contributed by atoms with Crippen molar-refractivity contribution in [2.24, 2.45) is 0 Å². The first kappa shape index (κ1) is 16.3. The fourth-order valence-corrected chi connectivity index (χ4v) is 3.19. The molecule has 0 spiro atoms. The third kappa shape index (κ3) is 4.22. The van der Waals surface area contributed by atoms with Gasteiger partial charge in [-0.3, -0.25) is 4.79 Å². The fourth-order valence-electron chi connectivity index (χ4n) is 2.83. The summed E-state index contributed by atoms with van der Waals surface area (Å²) in [6, 6.07) is 6.03. The second-order valence-corrected chi connectivity index (χ2v) is 6.61. The van der Waals surface area contributed by atoms with E-state index in [2.05, 4.69) is 22.9 Å². The van der Waals surface area contributed by atoms with Gasteiger partial charge in [0.05, 0.1) is 12.2 Å². The van der Waals surface area contributed by atoms with Gasteiger partial charge in [0.15, 0.2) is 0 Å². The Hall–Kier alpha value is -1.03.